The van der Waals surface area contributed by atoms with Crippen LogP contribution in [0.15, 0.2) is 72.8 Å². The van der Waals surface area contributed by atoms with E-state index in [1.54, 1.807) is 36.4 Å². The molecule has 0 heterocycles. The van der Waals surface area contributed by atoms with Gasteiger partial charge in [0, 0.05) is 0 Å². The summed E-state index contributed by atoms with van der Waals surface area (Å²) in [4.78, 5) is 12.3. The topological polar surface area (TPSA) is 35.5 Å². The molecule has 3 aromatic rings. The molecule has 3 aromatic carbocycles. The Kier molecular flexibility index (Phi) is 5.36. The molecule has 3 rings (SSSR count). The summed E-state index contributed by atoms with van der Waals surface area (Å²) in [5.74, 6) is 0.610. The van der Waals surface area contributed by atoms with Gasteiger partial charge >= 0.3 is 5.97 Å². The Balaban J connectivity index is 1.74. The van der Waals surface area contributed by atoms with Crippen LogP contribution in [0.25, 0.3) is 0 Å². The minimum Gasteiger partial charge on any atom is -0.487 e. The minimum atomic E-state index is -0.453. The van der Waals surface area contributed by atoms with Crippen LogP contribution in [0.4, 0.5) is 0 Å². The number of hydrogen-bond donors (Lipinski definition) is 0. The predicted molar refractivity (Wildman–Crippen MR) is 98.4 cm³/mol. The first-order valence-corrected chi connectivity index (χ1v) is 8.25. The summed E-state index contributed by atoms with van der Waals surface area (Å²) in [5, 5.41) is 0.385. The van der Waals surface area contributed by atoms with Crippen LogP contribution in [-0.4, -0.2) is 5.97 Å². The number of benzene rings is 3. The van der Waals surface area contributed by atoms with Crippen molar-refractivity contribution >= 4 is 17.6 Å². The monoisotopic (exact) mass is 352 g/mol. The van der Waals surface area contributed by atoms with E-state index in [9.17, 15) is 4.79 Å². The maximum absolute atomic E-state index is 12.3. The molecular weight excluding hydrogens is 336 g/mol. The Hall–Kier alpha value is -2.78. The fourth-order valence-corrected chi connectivity index (χ4v) is 2.74. The van der Waals surface area contributed by atoms with Crippen LogP contribution in [0.2, 0.25) is 5.02 Å². The van der Waals surface area contributed by atoms with Gasteiger partial charge in [-0.15, -0.1) is 0 Å². The minimum absolute atomic E-state index is 0.385. The van der Waals surface area contributed by atoms with E-state index in [1.807, 2.05) is 43.3 Å². The van der Waals surface area contributed by atoms with Gasteiger partial charge in [-0.05, 0) is 42.3 Å². The molecule has 0 unspecified atom stereocenters. The summed E-state index contributed by atoms with van der Waals surface area (Å²) in [5.41, 5.74) is 2.22. The largest absolute Gasteiger partial charge is 0.487 e. The van der Waals surface area contributed by atoms with Crippen LogP contribution < -0.4 is 9.47 Å². The van der Waals surface area contributed by atoms with E-state index in [0.29, 0.717) is 28.7 Å². The van der Waals surface area contributed by atoms with Crippen molar-refractivity contribution in [2.45, 2.75) is 13.5 Å². The summed E-state index contributed by atoms with van der Waals surface area (Å²) in [6, 6.07) is 22.0. The van der Waals surface area contributed by atoms with Gasteiger partial charge in [-0.2, -0.15) is 0 Å². The SMILES string of the molecule is Cc1cc(C(=O)Oc2ccccc2)cc(Cl)c1OCc1ccccc1. The summed E-state index contributed by atoms with van der Waals surface area (Å²) in [7, 11) is 0. The zero-order chi connectivity index (χ0) is 17.6. The molecule has 4 heteroatoms. The van der Waals surface area contributed by atoms with E-state index < -0.39 is 5.97 Å². The maximum Gasteiger partial charge on any atom is 0.343 e. The molecule has 0 radical (unpaired) electrons. The number of carbonyl (C=O) groups is 1. The van der Waals surface area contributed by atoms with Crippen molar-refractivity contribution in [2.75, 3.05) is 0 Å². The van der Waals surface area contributed by atoms with E-state index in [0.717, 1.165) is 11.1 Å². The third-order valence-corrected chi connectivity index (χ3v) is 3.93. The molecule has 0 atom stereocenters. The average Bonchev–Trinajstić information content (AvgIpc) is 2.62. The van der Waals surface area contributed by atoms with Crippen molar-refractivity contribution in [3.05, 3.63) is 94.5 Å². The number of esters is 1. The third-order valence-electron chi connectivity index (χ3n) is 3.64. The van der Waals surface area contributed by atoms with Gasteiger partial charge in [0.25, 0.3) is 0 Å². The van der Waals surface area contributed by atoms with Gasteiger partial charge in [-0.1, -0.05) is 60.1 Å². The van der Waals surface area contributed by atoms with Crippen molar-refractivity contribution in [3.63, 3.8) is 0 Å². The zero-order valence-electron chi connectivity index (χ0n) is 13.7. The summed E-state index contributed by atoms with van der Waals surface area (Å²) in [6.07, 6.45) is 0. The molecule has 0 N–H and O–H groups in total. The van der Waals surface area contributed by atoms with Gasteiger partial charge in [0.2, 0.25) is 0 Å². The van der Waals surface area contributed by atoms with Crippen LogP contribution in [0.5, 0.6) is 11.5 Å². The van der Waals surface area contributed by atoms with E-state index in [-0.39, 0.29) is 0 Å². The predicted octanol–water partition coefficient (Wildman–Crippen LogP) is 5.45. The molecule has 0 aliphatic carbocycles. The van der Waals surface area contributed by atoms with Gasteiger partial charge in [-0.3, -0.25) is 0 Å². The van der Waals surface area contributed by atoms with Crippen molar-refractivity contribution in [1.82, 2.24) is 0 Å². The number of hydrogen-bond acceptors (Lipinski definition) is 3. The second kappa shape index (κ2) is 7.86. The molecule has 3 nitrogen and oxygen atoms in total. The van der Waals surface area contributed by atoms with Crippen LogP contribution in [0, 0.1) is 6.92 Å². The first kappa shape index (κ1) is 17.1. The fraction of sp³-hybridized carbons (Fsp3) is 0.0952. The molecule has 0 amide bonds. The first-order valence-electron chi connectivity index (χ1n) is 7.87. The Morgan fingerprint density at radius 2 is 1.60 bits per heavy atom. The Morgan fingerprint density at radius 3 is 2.24 bits per heavy atom. The normalized spacial score (nSPS) is 10.3. The van der Waals surface area contributed by atoms with Crippen LogP contribution in [0.1, 0.15) is 21.5 Å². The third kappa shape index (κ3) is 4.40. The van der Waals surface area contributed by atoms with Gasteiger partial charge in [0.05, 0.1) is 10.6 Å². The number of para-hydroxylation sites is 1. The zero-order valence-corrected chi connectivity index (χ0v) is 14.5. The number of aryl methyl sites for hydroxylation is 1. The van der Waals surface area contributed by atoms with Crippen molar-refractivity contribution < 1.29 is 14.3 Å². The van der Waals surface area contributed by atoms with Gasteiger partial charge in [-0.25, -0.2) is 4.79 Å². The number of ether oxygens (including phenoxy) is 2. The van der Waals surface area contributed by atoms with Crippen LogP contribution in [0.3, 0.4) is 0 Å². The molecular formula is C21H17ClO3. The average molecular weight is 353 g/mol. The van der Waals surface area contributed by atoms with Crippen molar-refractivity contribution in [2.24, 2.45) is 0 Å². The highest BCUT2D eigenvalue weighted by Gasteiger charge is 2.15. The number of rotatable bonds is 5. The van der Waals surface area contributed by atoms with Gasteiger partial charge < -0.3 is 9.47 Å². The van der Waals surface area contributed by atoms with E-state index in [4.69, 9.17) is 21.1 Å². The Morgan fingerprint density at radius 1 is 0.960 bits per heavy atom. The molecule has 0 aliphatic rings. The number of halogens is 1. The molecule has 0 aromatic heterocycles. The molecule has 0 fully saturated rings. The molecule has 0 saturated carbocycles. The Bertz CT molecular complexity index is 838. The van der Waals surface area contributed by atoms with Gasteiger partial charge in [0.15, 0.2) is 0 Å². The molecule has 25 heavy (non-hydrogen) atoms. The molecule has 0 bridgehead atoms. The van der Waals surface area contributed by atoms with Crippen LogP contribution in [-0.2, 0) is 6.61 Å². The molecule has 0 aliphatic heterocycles. The lowest BCUT2D eigenvalue weighted by molar-refractivity contribution is 0.0734. The van der Waals surface area contributed by atoms with Crippen LogP contribution >= 0.6 is 11.6 Å². The fourth-order valence-electron chi connectivity index (χ4n) is 2.42. The lowest BCUT2D eigenvalue weighted by Gasteiger charge is -2.13. The summed E-state index contributed by atoms with van der Waals surface area (Å²) >= 11 is 6.32. The van der Waals surface area contributed by atoms with E-state index in [2.05, 4.69) is 0 Å². The summed E-state index contributed by atoms with van der Waals surface area (Å²) in [6.45, 7) is 2.26. The van der Waals surface area contributed by atoms with E-state index >= 15 is 0 Å². The Labute approximate surface area is 151 Å². The lowest BCUT2D eigenvalue weighted by atomic mass is 10.1. The molecule has 0 saturated heterocycles. The maximum atomic E-state index is 12.3. The lowest BCUT2D eigenvalue weighted by Crippen LogP contribution is -2.09. The highest BCUT2D eigenvalue weighted by atomic mass is 35.5. The second-order valence-corrected chi connectivity index (χ2v) is 5.99. The smallest absolute Gasteiger partial charge is 0.343 e. The van der Waals surface area contributed by atoms with Gasteiger partial charge in [0.1, 0.15) is 18.1 Å². The van der Waals surface area contributed by atoms with Crippen molar-refractivity contribution in [3.8, 4) is 11.5 Å². The molecule has 126 valence electrons. The standard InChI is InChI=1S/C21H17ClO3/c1-15-12-17(21(23)25-18-10-6-3-7-11-18)13-19(22)20(15)24-14-16-8-4-2-5-9-16/h2-13H,14H2,1H3. The summed E-state index contributed by atoms with van der Waals surface area (Å²) < 4.78 is 11.2. The first-order chi connectivity index (χ1) is 12.1. The molecule has 0 spiro atoms. The highest BCUT2D eigenvalue weighted by Crippen LogP contribution is 2.31. The highest BCUT2D eigenvalue weighted by molar-refractivity contribution is 6.32. The number of carbonyl (C=O) groups excluding carboxylic acids is 1. The second-order valence-electron chi connectivity index (χ2n) is 5.58. The van der Waals surface area contributed by atoms with E-state index in [1.165, 1.54) is 0 Å². The van der Waals surface area contributed by atoms with Crippen molar-refractivity contribution in [1.29, 1.82) is 0 Å². The quantitative estimate of drug-likeness (QED) is 0.452.